The number of carboxylic acids is 1. The number of benzene rings is 1. The lowest BCUT2D eigenvalue weighted by Crippen LogP contribution is -2.09. The first-order chi connectivity index (χ1) is 8.95. The van der Waals surface area contributed by atoms with Gasteiger partial charge >= 0.3 is 5.97 Å². The molecule has 1 heterocycles. The highest BCUT2D eigenvalue weighted by Gasteiger charge is 2.10. The summed E-state index contributed by atoms with van der Waals surface area (Å²) in [5, 5.41) is 9.25. The largest absolute Gasteiger partial charge is 0.478 e. The van der Waals surface area contributed by atoms with E-state index >= 15 is 0 Å². The van der Waals surface area contributed by atoms with E-state index in [0.29, 0.717) is 4.90 Å². The molecule has 0 radical (unpaired) electrons. The molecule has 0 spiro atoms. The molecule has 8 heteroatoms. The average molecular weight is 278 g/mol. The summed E-state index contributed by atoms with van der Waals surface area (Å²) in [4.78, 5) is 29.2. The molecule has 0 atom stereocenters. The predicted octanol–water partition coefficient (Wildman–Crippen LogP) is 0.784. The van der Waals surface area contributed by atoms with E-state index in [2.05, 4.69) is 9.97 Å². The van der Waals surface area contributed by atoms with Gasteiger partial charge < -0.3 is 21.6 Å². The van der Waals surface area contributed by atoms with Crippen LogP contribution in [-0.4, -0.2) is 21.0 Å². The van der Waals surface area contributed by atoms with Gasteiger partial charge in [0.05, 0.1) is 5.56 Å². The van der Waals surface area contributed by atoms with Crippen molar-refractivity contribution in [3.8, 4) is 0 Å². The van der Waals surface area contributed by atoms with E-state index in [1.807, 2.05) is 0 Å². The highest BCUT2D eigenvalue weighted by molar-refractivity contribution is 7.99. The number of hydrogen-bond acceptors (Lipinski definition) is 6. The number of anilines is 2. The number of carbonyl (C=O) groups is 1. The second-order valence-electron chi connectivity index (χ2n) is 3.63. The van der Waals surface area contributed by atoms with Crippen LogP contribution in [-0.2, 0) is 0 Å². The van der Waals surface area contributed by atoms with Crippen molar-refractivity contribution in [1.82, 2.24) is 9.97 Å². The number of nitrogens with one attached hydrogen (secondary N) is 1. The number of nitrogens with two attached hydrogens (primary N) is 2. The lowest BCUT2D eigenvalue weighted by Gasteiger charge is -2.05. The molecule has 1 aromatic heterocycles. The fourth-order valence-electron chi connectivity index (χ4n) is 1.40. The first-order valence-electron chi connectivity index (χ1n) is 5.13. The maximum atomic E-state index is 11.2. The molecule has 0 unspecified atom stereocenters. The quantitative estimate of drug-likeness (QED) is 0.481. The Balaban J connectivity index is 2.36. The van der Waals surface area contributed by atoms with Crippen LogP contribution in [0.4, 0.5) is 11.5 Å². The Kier molecular flexibility index (Phi) is 3.43. The van der Waals surface area contributed by atoms with Gasteiger partial charge in [0.1, 0.15) is 5.82 Å². The van der Waals surface area contributed by atoms with Crippen molar-refractivity contribution in [2.24, 2.45) is 0 Å². The van der Waals surface area contributed by atoms with E-state index in [0.717, 1.165) is 17.8 Å². The Bertz CT molecular complexity index is 699. The van der Waals surface area contributed by atoms with E-state index < -0.39 is 5.97 Å². The maximum absolute atomic E-state index is 11.2. The van der Waals surface area contributed by atoms with Gasteiger partial charge in [0.15, 0.2) is 5.16 Å². The minimum absolute atomic E-state index is 0.00347. The summed E-state index contributed by atoms with van der Waals surface area (Å²) in [6.07, 6.45) is 0. The molecule has 19 heavy (non-hydrogen) atoms. The smallest absolute Gasteiger partial charge is 0.337 e. The molecule has 2 rings (SSSR count). The number of aromatic carboxylic acids is 1. The second-order valence-corrected chi connectivity index (χ2v) is 4.69. The molecule has 1 aromatic carbocycles. The first kappa shape index (κ1) is 13.0. The monoisotopic (exact) mass is 278 g/mol. The third-order valence-corrected chi connectivity index (χ3v) is 3.09. The zero-order valence-electron chi connectivity index (χ0n) is 9.58. The molecule has 7 nitrogen and oxygen atoms in total. The van der Waals surface area contributed by atoms with E-state index in [1.54, 1.807) is 6.07 Å². The first-order valence-corrected chi connectivity index (χ1v) is 5.95. The fraction of sp³-hybridized carbons (Fsp3) is 0. The number of aromatic nitrogens is 2. The van der Waals surface area contributed by atoms with Crippen LogP contribution in [0.3, 0.4) is 0 Å². The molecule has 0 saturated heterocycles. The molecule has 2 aromatic rings. The molecule has 0 aliphatic carbocycles. The van der Waals surface area contributed by atoms with Gasteiger partial charge in [-0.15, -0.1) is 0 Å². The molecule has 0 fully saturated rings. The molecule has 0 aliphatic rings. The molecule has 6 N–H and O–H groups in total. The zero-order valence-corrected chi connectivity index (χ0v) is 10.4. The summed E-state index contributed by atoms with van der Waals surface area (Å²) >= 11 is 1.09. The van der Waals surface area contributed by atoms with E-state index in [4.69, 9.17) is 16.6 Å². The molecular formula is C11H10N4O3S. The highest BCUT2D eigenvalue weighted by atomic mass is 32.2. The SMILES string of the molecule is Nc1cc(=O)[nH]c(Sc2ccc(N)c(C(=O)O)c2)n1. The van der Waals surface area contributed by atoms with Crippen molar-refractivity contribution < 1.29 is 9.90 Å². The fourth-order valence-corrected chi connectivity index (χ4v) is 2.24. The number of nitrogen functional groups attached to an aromatic ring is 2. The van der Waals surface area contributed by atoms with Crippen molar-refractivity contribution in [2.45, 2.75) is 10.1 Å². The standard InChI is InChI=1S/C11H10N4O3S/c12-7-2-1-5(3-6(7)10(17)18)19-11-14-8(13)4-9(16)15-11/h1-4H,12H2,(H,17,18)(H3,13,14,15,16). The Morgan fingerprint density at radius 2 is 2.05 bits per heavy atom. The van der Waals surface area contributed by atoms with Crippen LogP contribution < -0.4 is 17.0 Å². The van der Waals surface area contributed by atoms with Gasteiger partial charge in [-0.3, -0.25) is 4.79 Å². The molecule has 0 bridgehead atoms. The Morgan fingerprint density at radius 1 is 1.32 bits per heavy atom. The summed E-state index contributed by atoms with van der Waals surface area (Å²) < 4.78 is 0. The summed E-state index contributed by atoms with van der Waals surface area (Å²) in [5.41, 5.74) is 10.8. The zero-order chi connectivity index (χ0) is 14.0. The Morgan fingerprint density at radius 3 is 2.68 bits per heavy atom. The van der Waals surface area contributed by atoms with Crippen LogP contribution >= 0.6 is 11.8 Å². The van der Waals surface area contributed by atoms with Crippen LogP contribution in [0.15, 0.2) is 39.1 Å². The van der Waals surface area contributed by atoms with Crippen LogP contribution in [0.5, 0.6) is 0 Å². The van der Waals surface area contributed by atoms with Gasteiger partial charge in [0.2, 0.25) is 0 Å². The predicted molar refractivity (Wildman–Crippen MR) is 71.2 cm³/mol. The van der Waals surface area contributed by atoms with Gasteiger partial charge in [-0.1, -0.05) is 11.8 Å². The van der Waals surface area contributed by atoms with Crippen LogP contribution in [0.2, 0.25) is 0 Å². The van der Waals surface area contributed by atoms with Crippen molar-refractivity contribution in [3.63, 3.8) is 0 Å². The Labute approximate surface area is 111 Å². The van der Waals surface area contributed by atoms with E-state index in [9.17, 15) is 9.59 Å². The van der Waals surface area contributed by atoms with Gasteiger partial charge in [-0.25, -0.2) is 9.78 Å². The summed E-state index contributed by atoms with van der Waals surface area (Å²) in [7, 11) is 0. The number of aromatic amines is 1. The molecule has 0 amide bonds. The molecular weight excluding hydrogens is 268 g/mol. The van der Waals surface area contributed by atoms with E-state index in [1.165, 1.54) is 12.1 Å². The number of hydrogen-bond donors (Lipinski definition) is 4. The van der Waals surface area contributed by atoms with Crippen molar-refractivity contribution >= 4 is 29.2 Å². The van der Waals surface area contributed by atoms with Crippen LogP contribution in [0.25, 0.3) is 0 Å². The maximum Gasteiger partial charge on any atom is 0.337 e. The van der Waals surface area contributed by atoms with Crippen LogP contribution in [0, 0.1) is 0 Å². The van der Waals surface area contributed by atoms with Gasteiger partial charge in [0, 0.05) is 16.6 Å². The van der Waals surface area contributed by atoms with Crippen molar-refractivity contribution in [2.75, 3.05) is 11.5 Å². The topological polar surface area (TPSA) is 135 Å². The van der Waals surface area contributed by atoms with Crippen LogP contribution in [0.1, 0.15) is 10.4 Å². The minimum atomic E-state index is -1.12. The highest BCUT2D eigenvalue weighted by Crippen LogP contribution is 2.27. The van der Waals surface area contributed by atoms with Crippen molar-refractivity contribution in [1.29, 1.82) is 0 Å². The summed E-state index contributed by atoms with van der Waals surface area (Å²) in [5.74, 6) is -1.02. The number of carboxylic acid groups (broad SMARTS) is 1. The normalized spacial score (nSPS) is 10.3. The minimum Gasteiger partial charge on any atom is -0.478 e. The average Bonchev–Trinajstić information content (AvgIpc) is 2.30. The summed E-state index contributed by atoms with van der Waals surface area (Å²) in [6, 6.07) is 5.69. The molecule has 0 aliphatic heterocycles. The lowest BCUT2D eigenvalue weighted by atomic mass is 10.2. The number of rotatable bonds is 3. The second kappa shape index (κ2) is 5.02. The summed E-state index contributed by atoms with van der Waals surface area (Å²) in [6.45, 7) is 0. The third-order valence-electron chi connectivity index (χ3n) is 2.21. The third kappa shape index (κ3) is 3.05. The van der Waals surface area contributed by atoms with Gasteiger partial charge in [-0.05, 0) is 18.2 Å². The van der Waals surface area contributed by atoms with Crippen molar-refractivity contribution in [3.05, 3.63) is 40.2 Å². The van der Waals surface area contributed by atoms with Gasteiger partial charge in [0.25, 0.3) is 5.56 Å². The Hall–Kier alpha value is -2.48. The number of H-pyrrole nitrogens is 1. The van der Waals surface area contributed by atoms with E-state index in [-0.39, 0.29) is 27.8 Å². The van der Waals surface area contributed by atoms with Gasteiger partial charge in [-0.2, -0.15) is 0 Å². The number of nitrogens with zero attached hydrogens (tertiary/aromatic N) is 1. The molecule has 0 saturated carbocycles. The molecule has 98 valence electrons. The lowest BCUT2D eigenvalue weighted by molar-refractivity contribution is 0.0698.